The third-order valence-electron chi connectivity index (χ3n) is 3.05. The first-order valence-electron chi connectivity index (χ1n) is 6.90. The van der Waals surface area contributed by atoms with Crippen molar-refractivity contribution >= 4 is 17.0 Å². The van der Waals surface area contributed by atoms with Crippen LogP contribution >= 0.6 is 11.3 Å². The molecule has 3 rings (SSSR count). The molecule has 0 bridgehead atoms. The zero-order valence-corrected chi connectivity index (χ0v) is 12.6. The fourth-order valence-electron chi connectivity index (χ4n) is 1.94. The van der Waals surface area contributed by atoms with Crippen molar-refractivity contribution in [2.45, 2.75) is 19.9 Å². The minimum Gasteiger partial charge on any atom is -0.378 e. The Kier molecular flexibility index (Phi) is 4.21. The average Bonchev–Trinajstić information content (AvgIpc) is 3.02. The van der Waals surface area contributed by atoms with Crippen LogP contribution in [0.4, 0.5) is 5.69 Å². The lowest BCUT2D eigenvalue weighted by atomic mass is 10.2. The minimum absolute atomic E-state index is 0.743. The molecular formula is C16H16N4S. The molecule has 0 saturated carbocycles. The summed E-state index contributed by atoms with van der Waals surface area (Å²) in [7, 11) is 0. The summed E-state index contributed by atoms with van der Waals surface area (Å²) in [6, 6.07) is 9.97. The quantitative estimate of drug-likeness (QED) is 0.778. The molecule has 2 heterocycles. The van der Waals surface area contributed by atoms with Gasteiger partial charge in [0, 0.05) is 16.6 Å². The van der Waals surface area contributed by atoms with Gasteiger partial charge in [-0.2, -0.15) is 0 Å². The first-order valence-corrected chi connectivity index (χ1v) is 7.71. The molecule has 1 N–H and O–H groups in total. The SMILES string of the molecule is CCc1ncc(CNc2cnc(-c3ccccc3)nc2)s1. The van der Waals surface area contributed by atoms with Gasteiger partial charge in [-0.15, -0.1) is 11.3 Å². The molecule has 0 fully saturated rings. The Morgan fingerprint density at radius 1 is 1.00 bits per heavy atom. The van der Waals surface area contributed by atoms with Crippen molar-refractivity contribution < 1.29 is 0 Å². The zero-order chi connectivity index (χ0) is 14.5. The fourth-order valence-corrected chi connectivity index (χ4v) is 2.74. The van der Waals surface area contributed by atoms with Crippen LogP contribution in [0.25, 0.3) is 11.4 Å². The Labute approximate surface area is 127 Å². The molecule has 106 valence electrons. The van der Waals surface area contributed by atoms with E-state index in [1.807, 2.05) is 48.9 Å². The van der Waals surface area contributed by atoms with Gasteiger partial charge in [-0.25, -0.2) is 15.0 Å². The van der Waals surface area contributed by atoms with Crippen molar-refractivity contribution in [2.24, 2.45) is 0 Å². The van der Waals surface area contributed by atoms with E-state index in [1.54, 1.807) is 11.3 Å². The van der Waals surface area contributed by atoms with Gasteiger partial charge < -0.3 is 5.32 Å². The van der Waals surface area contributed by atoms with Crippen LogP contribution in [0, 0.1) is 0 Å². The predicted molar refractivity (Wildman–Crippen MR) is 86.3 cm³/mol. The van der Waals surface area contributed by atoms with Crippen molar-refractivity contribution in [3.05, 3.63) is 58.8 Å². The third-order valence-corrected chi connectivity index (χ3v) is 4.20. The molecule has 0 aliphatic heterocycles. The second-order valence-corrected chi connectivity index (χ2v) is 5.79. The van der Waals surface area contributed by atoms with Gasteiger partial charge in [0.2, 0.25) is 0 Å². The minimum atomic E-state index is 0.743. The number of hydrogen-bond donors (Lipinski definition) is 1. The normalized spacial score (nSPS) is 10.5. The van der Waals surface area contributed by atoms with Crippen LogP contribution in [0.2, 0.25) is 0 Å². The van der Waals surface area contributed by atoms with Gasteiger partial charge in [-0.3, -0.25) is 0 Å². The maximum absolute atomic E-state index is 4.40. The summed E-state index contributed by atoms with van der Waals surface area (Å²) in [5.74, 6) is 0.743. The molecule has 4 nitrogen and oxygen atoms in total. The average molecular weight is 296 g/mol. The Bertz CT molecular complexity index is 692. The van der Waals surface area contributed by atoms with Gasteiger partial charge in [-0.05, 0) is 6.42 Å². The summed E-state index contributed by atoms with van der Waals surface area (Å²) in [4.78, 5) is 14.4. The van der Waals surface area contributed by atoms with Crippen LogP contribution in [0.15, 0.2) is 48.9 Å². The number of benzene rings is 1. The lowest BCUT2D eigenvalue weighted by Gasteiger charge is -2.05. The van der Waals surface area contributed by atoms with Crippen molar-refractivity contribution in [3.8, 4) is 11.4 Å². The van der Waals surface area contributed by atoms with E-state index in [0.29, 0.717) is 0 Å². The Morgan fingerprint density at radius 2 is 1.76 bits per heavy atom. The van der Waals surface area contributed by atoms with Gasteiger partial charge in [0.15, 0.2) is 5.82 Å². The molecule has 0 amide bonds. The fraction of sp³-hybridized carbons (Fsp3) is 0.188. The van der Waals surface area contributed by atoms with Crippen molar-refractivity contribution in [1.29, 1.82) is 0 Å². The van der Waals surface area contributed by atoms with Crippen molar-refractivity contribution in [3.63, 3.8) is 0 Å². The standard InChI is InChI=1S/C16H16N4S/c1-2-15-18-11-14(21-15)10-17-13-8-19-16(20-9-13)12-6-4-3-5-7-12/h3-9,11,17H,2,10H2,1H3. The van der Waals surface area contributed by atoms with Crippen LogP contribution in [0.5, 0.6) is 0 Å². The summed E-state index contributed by atoms with van der Waals surface area (Å²) in [5, 5.41) is 4.49. The molecule has 21 heavy (non-hydrogen) atoms. The molecular weight excluding hydrogens is 280 g/mol. The molecule has 0 radical (unpaired) electrons. The second kappa shape index (κ2) is 6.45. The second-order valence-electron chi connectivity index (χ2n) is 4.59. The maximum Gasteiger partial charge on any atom is 0.159 e. The van der Waals surface area contributed by atoms with E-state index in [2.05, 4.69) is 27.2 Å². The predicted octanol–water partition coefficient (Wildman–Crippen LogP) is 3.77. The number of aromatic nitrogens is 3. The van der Waals surface area contributed by atoms with E-state index in [4.69, 9.17) is 0 Å². The number of nitrogens with one attached hydrogen (secondary N) is 1. The summed E-state index contributed by atoms with van der Waals surface area (Å²) in [6.07, 6.45) is 6.55. The molecule has 0 spiro atoms. The first kappa shape index (κ1) is 13.7. The summed E-state index contributed by atoms with van der Waals surface area (Å²) in [6.45, 7) is 2.87. The van der Waals surface area contributed by atoms with Crippen LogP contribution in [0.1, 0.15) is 16.8 Å². The molecule has 5 heteroatoms. The van der Waals surface area contributed by atoms with Crippen LogP contribution in [0.3, 0.4) is 0 Å². The molecule has 0 aliphatic rings. The van der Waals surface area contributed by atoms with Gasteiger partial charge in [0.05, 0.1) is 29.6 Å². The van der Waals surface area contributed by atoms with Crippen LogP contribution in [-0.4, -0.2) is 15.0 Å². The Balaban J connectivity index is 1.64. The number of hydrogen-bond acceptors (Lipinski definition) is 5. The van der Waals surface area contributed by atoms with Crippen LogP contribution in [-0.2, 0) is 13.0 Å². The van der Waals surface area contributed by atoms with Gasteiger partial charge in [0.1, 0.15) is 0 Å². The summed E-state index contributed by atoms with van der Waals surface area (Å²) < 4.78 is 0. The Morgan fingerprint density at radius 3 is 2.43 bits per heavy atom. The van der Waals surface area contributed by atoms with E-state index in [-0.39, 0.29) is 0 Å². The summed E-state index contributed by atoms with van der Waals surface area (Å²) >= 11 is 1.74. The number of thiazole rings is 1. The first-order chi connectivity index (χ1) is 10.3. The molecule has 3 aromatic rings. The molecule has 0 atom stereocenters. The van der Waals surface area contributed by atoms with Crippen LogP contribution < -0.4 is 5.32 Å². The highest BCUT2D eigenvalue weighted by atomic mass is 32.1. The Hall–Kier alpha value is -2.27. The van der Waals surface area contributed by atoms with E-state index in [1.165, 1.54) is 9.88 Å². The topological polar surface area (TPSA) is 50.7 Å². The van der Waals surface area contributed by atoms with Gasteiger partial charge >= 0.3 is 0 Å². The van der Waals surface area contributed by atoms with Gasteiger partial charge in [-0.1, -0.05) is 37.3 Å². The highest BCUT2D eigenvalue weighted by Gasteiger charge is 2.02. The van der Waals surface area contributed by atoms with E-state index in [0.717, 1.165) is 30.0 Å². The number of nitrogens with zero attached hydrogens (tertiary/aromatic N) is 3. The lowest BCUT2D eigenvalue weighted by Crippen LogP contribution is -1.99. The largest absolute Gasteiger partial charge is 0.378 e. The number of rotatable bonds is 5. The van der Waals surface area contributed by atoms with Crippen molar-refractivity contribution in [1.82, 2.24) is 15.0 Å². The zero-order valence-electron chi connectivity index (χ0n) is 11.8. The highest BCUT2D eigenvalue weighted by Crippen LogP contribution is 2.17. The summed E-state index contributed by atoms with van der Waals surface area (Å²) in [5.41, 5.74) is 1.94. The molecule has 0 saturated heterocycles. The highest BCUT2D eigenvalue weighted by molar-refractivity contribution is 7.11. The van der Waals surface area contributed by atoms with E-state index < -0.39 is 0 Å². The smallest absolute Gasteiger partial charge is 0.159 e. The molecule has 1 aromatic carbocycles. The monoisotopic (exact) mass is 296 g/mol. The molecule has 0 aliphatic carbocycles. The van der Waals surface area contributed by atoms with E-state index in [9.17, 15) is 0 Å². The number of aryl methyl sites for hydroxylation is 1. The van der Waals surface area contributed by atoms with Gasteiger partial charge in [0.25, 0.3) is 0 Å². The molecule has 0 unspecified atom stereocenters. The third kappa shape index (κ3) is 3.44. The maximum atomic E-state index is 4.40. The molecule has 2 aromatic heterocycles. The van der Waals surface area contributed by atoms with E-state index >= 15 is 0 Å². The lowest BCUT2D eigenvalue weighted by molar-refractivity contribution is 1.08. The van der Waals surface area contributed by atoms with Crippen molar-refractivity contribution in [2.75, 3.05) is 5.32 Å². The number of anilines is 1.